The molecule has 2 nitrogen and oxygen atoms in total. The highest BCUT2D eigenvalue weighted by atomic mass is 28.4. The predicted octanol–water partition coefficient (Wildman–Crippen LogP) is 3.22. The van der Waals surface area contributed by atoms with Gasteiger partial charge in [-0.05, 0) is 49.2 Å². The van der Waals surface area contributed by atoms with Crippen molar-refractivity contribution in [2.75, 3.05) is 0 Å². The fraction of sp³-hybridized carbons (Fsp3) is 0.429. The molecule has 0 spiro atoms. The van der Waals surface area contributed by atoms with E-state index in [0.717, 1.165) is 11.2 Å². The topological polar surface area (TPSA) is 18.5 Å². The van der Waals surface area contributed by atoms with Crippen LogP contribution in [0.15, 0.2) is 30.8 Å². The predicted molar refractivity (Wildman–Crippen MR) is 95.5 cm³/mol. The standard InChI is InChI=1S/C14H24O2Si4/c1-7-13-8-10-14(11-9-13)18-16-20(5,6)12-17-15-19(2,3)4/h7-11H,1,12H2,2-6H3. The lowest BCUT2D eigenvalue weighted by atomic mass is 10.2. The van der Waals surface area contributed by atoms with Gasteiger partial charge >= 0.3 is 0 Å². The van der Waals surface area contributed by atoms with Crippen LogP contribution in [0.5, 0.6) is 0 Å². The molecule has 0 aliphatic carbocycles. The average molecular weight is 337 g/mol. The van der Waals surface area contributed by atoms with Crippen molar-refractivity contribution in [3.8, 4) is 0 Å². The fourth-order valence-corrected chi connectivity index (χ4v) is 8.22. The van der Waals surface area contributed by atoms with Gasteiger partial charge in [0.15, 0.2) is 16.6 Å². The maximum Gasteiger partial charge on any atom is 0.256 e. The summed E-state index contributed by atoms with van der Waals surface area (Å²) >= 11 is 0. The lowest BCUT2D eigenvalue weighted by molar-refractivity contribution is 0.580. The molecule has 0 heterocycles. The van der Waals surface area contributed by atoms with Crippen molar-refractivity contribution in [1.29, 1.82) is 0 Å². The molecule has 0 bridgehead atoms. The second-order valence-corrected chi connectivity index (χ2v) is 18.2. The van der Waals surface area contributed by atoms with E-state index in [1.54, 1.807) is 0 Å². The van der Waals surface area contributed by atoms with Crippen molar-refractivity contribution in [2.24, 2.45) is 0 Å². The van der Waals surface area contributed by atoms with Crippen LogP contribution in [0.25, 0.3) is 6.08 Å². The second-order valence-electron chi connectivity index (χ2n) is 6.33. The van der Waals surface area contributed by atoms with Crippen LogP contribution in [-0.2, 0) is 8.23 Å². The summed E-state index contributed by atoms with van der Waals surface area (Å²) in [7, 11) is -1.96. The van der Waals surface area contributed by atoms with Crippen molar-refractivity contribution in [2.45, 2.75) is 38.4 Å². The summed E-state index contributed by atoms with van der Waals surface area (Å²) in [6.45, 7) is 15.0. The second kappa shape index (κ2) is 7.67. The SMILES string of the molecule is C=Cc1ccc([Si]O[Si](C)(C)C[Si]O[Si](C)(C)C)cc1. The Kier molecular flexibility index (Phi) is 6.83. The van der Waals surface area contributed by atoms with Crippen molar-refractivity contribution in [3.05, 3.63) is 36.4 Å². The first-order valence-corrected chi connectivity index (χ1v) is 15.3. The number of benzene rings is 1. The Hall–Kier alpha value is -0.252. The maximum atomic E-state index is 6.19. The van der Waals surface area contributed by atoms with Gasteiger partial charge in [-0.1, -0.05) is 36.9 Å². The molecule has 0 aromatic heterocycles. The molecule has 0 amide bonds. The number of hydrogen-bond acceptors (Lipinski definition) is 2. The summed E-state index contributed by atoms with van der Waals surface area (Å²) in [5.74, 6) is 0. The summed E-state index contributed by atoms with van der Waals surface area (Å²) in [4.78, 5) is 0. The Morgan fingerprint density at radius 2 is 1.65 bits per heavy atom. The number of hydrogen-bond donors (Lipinski definition) is 0. The Morgan fingerprint density at radius 3 is 2.15 bits per heavy atom. The van der Waals surface area contributed by atoms with Gasteiger partial charge in [-0.15, -0.1) is 0 Å². The van der Waals surface area contributed by atoms with E-state index in [0.29, 0.717) is 19.5 Å². The molecule has 0 N–H and O–H groups in total. The molecule has 4 radical (unpaired) electrons. The molecule has 0 saturated carbocycles. The summed E-state index contributed by atoms with van der Waals surface area (Å²) < 4.78 is 12.1. The first-order valence-electron chi connectivity index (χ1n) is 6.79. The zero-order valence-electron chi connectivity index (χ0n) is 13.1. The first-order chi connectivity index (χ1) is 9.22. The molecular formula is C14H24O2Si4. The molecule has 1 aromatic rings. The summed E-state index contributed by atoms with van der Waals surface area (Å²) in [6.07, 6.45) is 1.86. The van der Waals surface area contributed by atoms with Gasteiger partial charge in [-0.3, -0.25) is 0 Å². The third-order valence-corrected chi connectivity index (χ3v) is 12.7. The van der Waals surface area contributed by atoms with E-state index in [1.165, 1.54) is 5.19 Å². The Balaban J connectivity index is 2.39. The fourth-order valence-electron chi connectivity index (χ4n) is 1.35. The molecule has 20 heavy (non-hydrogen) atoms. The van der Waals surface area contributed by atoms with E-state index in [9.17, 15) is 0 Å². The first kappa shape index (κ1) is 17.8. The molecule has 6 heteroatoms. The van der Waals surface area contributed by atoms with Crippen LogP contribution in [0.2, 0.25) is 38.4 Å². The van der Waals surface area contributed by atoms with Crippen LogP contribution in [0.1, 0.15) is 5.56 Å². The smallest absolute Gasteiger partial charge is 0.256 e. The highest BCUT2D eigenvalue weighted by molar-refractivity contribution is 6.84. The molecule has 108 valence electrons. The van der Waals surface area contributed by atoms with Crippen molar-refractivity contribution < 1.29 is 8.23 Å². The van der Waals surface area contributed by atoms with Crippen LogP contribution in [0.3, 0.4) is 0 Å². The molecule has 1 aromatic carbocycles. The Bertz CT molecular complexity index is 424. The summed E-state index contributed by atoms with van der Waals surface area (Å²) in [6, 6.07) is 8.42. The largest absolute Gasteiger partial charge is 0.456 e. The number of rotatable bonds is 8. The van der Waals surface area contributed by atoms with Gasteiger partial charge in [0, 0.05) is 0 Å². The third-order valence-electron chi connectivity index (χ3n) is 2.47. The minimum absolute atomic E-state index is 0.439. The maximum absolute atomic E-state index is 6.19. The highest BCUT2D eigenvalue weighted by Crippen LogP contribution is 2.11. The molecule has 0 saturated heterocycles. The summed E-state index contributed by atoms with van der Waals surface area (Å²) in [5.41, 5.74) is 2.25. The molecule has 0 unspecified atom stereocenters. The van der Waals surface area contributed by atoms with E-state index in [4.69, 9.17) is 8.23 Å². The van der Waals surface area contributed by atoms with E-state index < -0.39 is 16.6 Å². The Labute approximate surface area is 130 Å². The lowest BCUT2D eigenvalue weighted by Gasteiger charge is -2.24. The van der Waals surface area contributed by atoms with Gasteiger partial charge in [0.2, 0.25) is 9.76 Å². The van der Waals surface area contributed by atoms with E-state index in [2.05, 4.69) is 63.6 Å². The molecule has 1 rings (SSSR count). The Morgan fingerprint density at radius 1 is 1.05 bits per heavy atom. The van der Waals surface area contributed by atoms with E-state index >= 15 is 0 Å². The molecular weight excluding hydrogens is 312 g/mol. The van der Waals surface area contributed by atoms with Gasteiger partial charge in [-0.2, -0.15) is 0 Å². The van der Waals surface area contributed by atoms with E-state index in [-0.39, 0.29) is 0 Å². The van der Waals surface area contributed by atoms with Crippen molar-refractivity contribution >= 4 is 47.4 Å². The van der Waals surface area contributed by atoms with Gasteiger partial charge in [0.25, 0.3) is 9.76 Å². The normalized spacial score (nSPS) is 12.4. The lowest BCUT2D eigenvalue weighted by Crippen LogP contribution is -2.39. The van der Waals surface area contributed by atoms with Gasteiger partial charge < -0.3 is 8.23 Å². The molecule has 0 aliphatic rings. The van der Waals surface area contributed by atoms with Crippen LogP contribution < -0.4 is 5.19 Å². The van der Waals surface area contributed by atoms with Gasteiger partial charge in [-0.25, -0.2) is 0 Å². The van der Waals surface area contributed by atoms with Crippen molar-refractivity contribution in [3.63, 3.8) is 0 Å². The minimum Gasteiger partial charge on any atom is -0.456 e. The average Bonchev–Trinajstić information content (AvgIpc) is 2.35. The zero-order valence-corrected chi connectivity index (χ0v) is 17.1. The monoisotopic (exact) mass is 336 g/mol. The van der Waals surface area contributed by atoms with Crippen LogP contribution in [0.4, 0.5) is 0 Å². The molecule has 0 atom stereocenters. The van der Waals surface area contributed by atoms with Gasteiger partial charge in [0.1, 0.15) is 0 Å². The molecule has 0 aliphatic heterocycles. The van der Waals surface area contributed by atoms with Crippen LogP contribution in [-0.4, -0.2) is 36.2 Å². The summed E-state index contributed by atoms with van der Waals surface area (Å²) in [5, 5.41) is 1.26. The van der Waals surface area contributed by atoms with E-state index in [1.807, 2.05) is 6.08 Å². The van der Waals surface area contributed by atoms with Crippen molar-refractivity contribution in [1.82, 2.24) is 0 Å². The molecule has 0 fully saturated rings. The zero-order chi connectivity index (χ0) is 15.2. The highest BCUT2D eigenvalue weighted by Gasteiger charge is 2.25. The third kappa shape index (κ3) is 7.51. The van der Waals surface area contributed by atoms with Crippen LogP contribution >= 0.6 is 0 Å². The minimum atomic E-state index is -1.61. The quantitative estimate of drug-likeness (QED) is 0.679. The van der Waals surface area contributed by atoms with Gasteiger partial charge in [0.05, 0.1) is 0 Å². The van der Waals surface area contributed by atoms with Crippen LogP contribution in [0, 0.1) is 0 Å².